The van der Waals surface area contributed by atoms with Crippen LogP contribution in [0, 0.1) is 17.2 Å². The summed E-state index contributed by atoms with van der Waals surface area (Å²) in [5.41, 5.74) is -0.0463. The average molecular weight is 467 g/mol. The summed E-state index contributed by atoms with van der Waals surface area (Å²) in [6.45, 7) is 7.23. The van der Waals surface area contributed by atoms with E-state index in [1.54, 1.807) is 30.6 Å². The maximum Gasteiger partial charge on any atom is 0.325 e. The fourth-order valence-electron chi connectivity index (χ4n) is 4.94. The molecule has 1 N–H and O–H groups in total. The summed E-state index contributed by atoms with van der Waals surface area (Å²) >= 11 is 0. The van der Waals surface area contributed by atoms with Crippen LogP contribution >= 0.6 is 0 Å². The molecule has 2 saturated heterocycles. The van der Waals surface area contributed by atoms with Crippen LogP contribution in [0.25, 0.3) is 0 Å². The predicted octanol–water partition coefficient (Wildman–Crippen LogP) is 3.84. The van der Waals surface area contributed by atoms with E-state index in [-0.39, 0.29) is 35.5 Å². The van der Waals surface area contributed by atoms with Gasteiger partial charge in [0.05, 0.1) is 6.54 Å². The fourth-order valence-corrected chi connectivity index (χ4v) is 4.94. The van der Waals surface area contributed by atoms with Gasteiger partial charge in [-0.2, -0.15) is 0 Å². The monoisotopic (exact) mass is 466 g/mol. The van der Waals surface area contributed by atoms with Crippen molar-refractivity contribution in [1.29, 1.82) is 0 Å². The Balaban J connectivity index is 1.59. The van der Waals surface area contributed by atoms with E-state index >= 15 is 0 Å². The second kappa shape index (κ2) is 9.16. The highest BCUT2D eigenvalue weighted by Crippen LogP contribution is 2.42. The molecule has 180 valence electrons. The number of rotatable bonds is 5. The van der Waals surface area contributed by atoms with Gasteiger partial charge in [0, 0.05) is 37.5 Å². The summed E-state index contributed by atoms with van der Waals surface area (Å²) in [4.78, 5) is 46.9. The Morgan fingerprint density at radius 3 is 2.41 bits per heavy atom. The Morgan fingerprint density at radius 1 is 1.15 bits per heavy atom. The summed E-state index contributed by atoms with van der Waals surface area (Å²) in [5.74, 6) is -0.793. The van der Waals surface area contributed by atoms with Gasteiger partial charge in [-0.15, -0.1) is 0 Å². The van der Waals surface area contributed by atoms with Crippen LogP contribution in [-0.4, -0.2) is 45.7 Å². The molecule has 1 aromatic heterocycles. The Labute approximate surface area is 199 Å². The molecule has 2 aromatic rings. The minimum atomic E-state index is -1.25. The Hall–Kier alpha value is -3.29. The zero-order chi connectivity index (χ0) is 24.5. The minimum absolute atomic E-state index is 0.0515. The van der Waals surface area contributed by atoms with Crippen molar-refractivity contribution in [2.24, 2.45) is 11.3 Å². The van der Waals surface area contributed by atoms with Crippen molar-refractivity contribution < 1.29 is 18.8 Å². The van der Waals surface area contributed by atoms with Gasteiger partial charge in [0.2, 0.25) is 5.91 Å². The van der Waals surface area contributed by atoms with Crippen LogP contribution in [0.3, 0.4) is 0 Å². The Bertz CT molecular complexity index is 1060. The van der Waals surface area contributed by atoms with E-state index in [9.17, 15) is 18.8 Å². The third kappa shape index (κ3) is 4.67. The number of imide groups is 1. The lowest BCUT2D eigenvalue weighted by molar-refractivity contribution is -0.137. The lowest BCUT2D eigenvalue weighted by atomic mass is 9.73. The predicted molar refractivity (Wildman–Crippen MR) is 125 cm³/mol. The van der Waals surface area contributed by atoms with E-state index in [2.05, 4.69) is 10.3 Å². The lowest BCUT2D eigenvalue weighted by Gasteiger charge is -2.41. The molecule has 4 amide bonds. The molecule has 2 fully saturated rings. The molecule has 0 bridgehead atoms. The highest BCUT2D eigenvalue weighted by Gasteiger charge is 2.57. The second-order valence-electron chi connectivity index (χ2n) is 10.4. The number of carbonyl (C=O) groups excluding carboxylic acids is 3. The molecule has 8 heteroatoms. The second-order valence-corrected chi connectivity index (χ2v) is 10.4. The number of nitrogens with one attached hydrogen (secondary N) is 1. The van der Waals surface area contributed by atoms with Crippen LogP contribution in [0.4, 0.5) is 9.18 Å². The highest BCUT2D eigenvalue weighted by atomic mass is 19.1. The van der Waals surface area contributed by atoms with E-state index < -0.39 is 11.6 Å². The largest absolute Gasteiger partial charge is 0.343 e. The van der Waals surface area contributed by atoms with Crippen molar-refractivity contribution in [3.05, 3.63) is 65.7 Å². The number of hydrogen-bond donors (Lipinski definition) is 1. The molecule has 0 unspecified atom stereocenters. The van der Waals surface area contributed by atoms with E-state index in [4.69, 9.17) is 0 Å². The van der Waals surface area contributed by atoms with E-state index in [1.165, 1.54) is 17.0 Å². The number of pyridine rings is 1. The zero-order valence-electron chi connectivity index (χ0n) is 19.9. The van der Waals surface area contributed by atoms with Crippen LogP contribution in [0.2, 0.25) is 0 Å². The number of benzene rings is 1. The molecule has 1 aromatic carbocycles. The number of aromatic nitrogens is 1. The maximum absolute atomic E-state index is 13.9. The number of piperidine rings is 1. The van der Waals surface area contributed by atoms with Crippen molar-refractivity contribution >= 4 is 17.8 Å². The maximum atomic E-state index is 13.9. The van der Waals surface area contributed by atoms with Crippen molar-refractivity contribution in [1.82, 2.24) is 20.1 Å². The van der Waals surface area contributed by atoms with Gasteiger partial charge < -0.3 is 10.2 Å². The minimum Gasteiger partial charge on any atom is -0.343 e. The number of urea groups is 1. The van der Waals surface area contributed by atoms with Gasteiger partial charge in [0.1, 0.15) is 5.82 Å². The number of nitrogens with zero attached hydrogens (tertiary/aromatic N) is 3. The standard InChI is InChI=1S/C26H31FN4O3/c1-25(2,3)15-22(32)30-13-10-19(11-14-30)26(20-5-4-12-28-16-20)23(33)31(24(34)29-26)17-18-6-8-21(27)9-7-18/h4-9,12,16,19H,10-11,13-15,17H2,1-3H3,(H,29,34)/t26-/m1/s1. The molecule has 4 rings (SSSR count). The van der Waals surface area contributed by atoms with Gasteiger partial charge in [-0.1, -0.05) is 39.0 Å². The van der Waals surface area contributed by atoms with Crippen LogP contribution in [0.1, 0.15) is 51.2 Å². The quantitative estimate of drug-likeness (QED) is 0.679. The SMILES string of the molecule is CC(C)(C)CC(=O)N1CCC([C@]2(c3cccnc3)NC(=O)N(Cc3ccc(F)cc3)C2=O)CC1. The first kappa shape index (κ1) is 23.9. The highest BCUT2D eigenvalue weighted by molar-refractivity contribution is 6.07. The van der Waals surface area contributed by atoms with E-state index in [1.807, 2.05) is 31.7 Å². The number of likely N-dealkylation sites (tertiary alicyclic amines) is 1. The molecule has 0 saturated carbocycles. The number of halogens is 1. The van der Waals surface area contributed by atoms with Gasteiger partial charge in [-0.3, -0.25) is 19.5 Å². The van der Waals surface area contributed by atoms with Crippen LogP contribution in [0.15, 0.2) is 48.8 Å². The van der Waals surface area contributed by atoms with Crippen LogP contribution in [0.5, 0.6) is 0 Å². The smallest absolute Gasteiger partial charge is 0.325 e. The third-order valence-electron chi connectivity index (χ3n) is 6.64. The molecule has 34 heavy (non-hydrogen) atoms. The molecule has 7 nitrogen and oxygen atoms in total. The summed E-state index contributed by atoms with van der Waals surface area (Å²) < 4.78 is 13.3. The Morgan fingerprint density at radius 2 is 1.82 bits per heavy atom. The topological polar surface area (TPSA) is 82.6 Å². The van der Waals surface area contributed by atoms with Gasteiger partial charge in [-0.25, -0.2) is 9.18 Å². The third-order valence-corrected chi connectivity index (χ3v) is 6.64. The first-order valence-electron chi connectivity index (χ1n) is 11.7. The van der Waals surface area contributed by atoms with Crippen molar-refractivity contribution in [3.8, 4) is 0 Å². The molecular formula is C26H31FN4O3. The van der Waals surface area contributed by atoms with Gasteiger partial charge in [-0.05, 0) is 47.9 Å². The van der Waals surface area contributed by atoms with Gasteiger partial charge >= 0.3 is 6.03 Å². The van der Waals surface area contributed by atoms with Crippen LogP contribution < -0.4 is 5.32 Å². The number of amides is 4. The zero-order valence-corrected chi connectivity index (χ0v) is 19.9. The first-order valence-corrected chi connectivity index (χ1v) is 11.7. The summed E-state index contributed by atoms with van der Waals surface area (Å²) in [7, 11) is 0. The lowest BCUT2D eigenvalue weighted by Crippen LogP contribution is -2.54. The van der Waals surface area contributed by atoms with Gasteiger partial charge in [0.15, 0.2) is 5.54 Å². The molecule has 1 atom stereocenters. The van der Waals surface area contributed by atoms with Crippen molar-refractivity contribution in [2.45, 2.75) is 52.1 Å². The molecular weight excluding hydrogens is 435 g/mol. The molecule has 3 heterocycles. The first-order chi connectivity index (χ1) is 16.1. The van der Waals surface area contributed by atoms with E-state index in [0.29, 0.717) is 43.5 Å². The van der Waals surface area contributed by atoms with E-state index in [0.717, 1.165) is 0 Å². The van der Waals surface area contributed by atoms with Crippen molar-refractivity contribution in [3.63, 3.8) is 0 Å². The molecule has 0 aliphatic carbocycles. The normalized spacial score (nSPS) is 21.6. The number of carbonyl (C=O) groups is 3. The van der Waals surface area contributed by atoms with Crippen molar-refractivity contribution in [2.75, 3.05) is 13.1 Å². The average Bonchev–Trinajstić information content (AvgIpc) is 3.05. The number of hydrogen-bond acceptors (Lipinski definition) is 4. The molecule has 0 radical (unpaired) electrons. The molecule has 0 spiro atoms. The molecule has 2 aliphatic rings. The summed E-state index contributed by atoms with van der Waals surface area (Å²) in [6.07, 6.45) is 4.88. The fraction of sp³-hybridized carbons (Fsp3) is 0.462. The summed E-state index contributed by atoms with van der Waals surface area (Å²) in [6, 6.07) is 8.84. The summed E-state index contributed by atoms with van der Waals surface area (Å²) in [5, 5.41) is 2.99. The van der Waals surface area contributed by atoms with Gasteiger partial charge in [0.25, 0.3) is 5.91 Å². The Kier molecular flexibility index (Phi) is 6.43. The van der Waals surface area contributed by atoms with Crippen LogP contribution in [-0.2, 0) is 21.7 Å². The molecule has 2 aliphatic heterocycles.